The topological polar surface area (TPSA) is 97.5 Å². The van der Waals surface area contributed by atoms with Crippen molar-refractivity contribution in [2.75, 3.05) is 20.3 Å². The van der Waals surface area contributed by atoms with Crippen LogP contribution in [0.4, 0.5) is 0 Å². The standard InChI is InChI=1S/C24H28N4O4S/c1-5-27-18(10-11-32-4)15(3)28-13-17(21(29)22(30)20(28)24(27)31)23-26-25-19(33-23)12-16-8-6-14(2)7-9-16/h6-9,13,15,18,30H,5,10-12H2,1-4H3. The second-order valence-electron chi connectivity index (χ2n) is 8.32. The van der Waals surface area contributed by atoms with Crippen LogP contribution in [0.2, 0.25) is 0 Å². The summed E-state index contributed by atoms with van der Waals surface area (Å²) in [6, 6.07) is 7.91. The maximum atomic E-state index is 13.2. The van der Waals surface area contributed by atoms with Gasteiger partial charge in [-0.05, 0) is 32.8 Å². The molecule has 33 heavy (non-hydrogen) atoms. The molecule has 2 atom stereocenters. The van der Waals surface area contributed by atoms with E-state index in [0.29, 0.717) is 31.0 Å². The van der Waals surface area contributed by atoms with E-state index in [1.165, 1.54) is 16.9 Å². The first-order valence-electron chi connectivity index (χ1n) is 11.0. The highest BCUT2D eigenvalue weighted by atomic mass is 32.1. The summed E-state index contributed by atoms with van der Waals surface area (Å²) in [7, 11) is 1.63. The van der Waals surface area contributed by atoms with Crippen molar-refractivity contribution >= 4 is 17.2 Å². The minimum atomic E-state index is -0.605. The van der Waals surface area contributed by atoms with Crippen molar-refractivity contribution in [3.05, 3.63) is 62.5 Å². The molecule has 1 aliphatic rings. The molecule has 1 amide bonds. The van der Waals surface area contributed by atoms with Gasteiger partial charge in [-0.3, -0.25) is 9.59 Å². The molecule has 174 valence electrons. The number of pyridine rings is 1. The molecule has 1 N–H and O–H groups in total. The van der Waals surface area contributed by atoms with E-state index < -0.39 is 11.2 Å². The van der Waals surface area contributed by atoms with Gasteiger partial charge in [0.25, 0.3) is 5.91 Å². The van der Waals surface area contributed by atoms with Crippen LogP contribution >= 0.6 is 11.3 Å². The predicted octanol–water partition coefficient (Wildman–Crippen LogP) is 3.41. The van der Waals surface area contributed by atoms with Crippen LogP contribution < -0.4 is 5.43 Å². The Morgan fingerprint density at radius 2 is 1.91 bits per heavy atom. The maximum absolute atomic E-state index is 13.2. The van der Waals surface area contributed by atoms with Gasteiger partial charge >= 0.3 is 0 Å². The number of nitrogens with zero attached hydrogens (tertiary/aromatic N) is 4. The van der Waals surface area contributed by atoms with Gasteiger partial charge in [0.2, 0.25) is 5.43 Å². The average Bonchev–Trinajstić information content (AvgIpc) is 3.26. The zero-order chi connectivity index (χ0) is 23.7. The van der Waals surface area contributed by atoms with E-state index in [1.54, 1.807) is 22.8 Å². The predicted molar refractivity (Wildman–Crippen MR) is 127 cm³/mol. The molecule has 9 heteroatoms. The Labute approximate surface area is 196 Å². The van der Waals surface area contributed by atoms with Crippen molar-refractivity contribution in [1.82, 2.24) is 19.7 Å². The number of aromatic nitrogens is 3. The summed E-state index contributed by atoms with van der Waals surface area (Å²) in [4.78, 5) is 27.9. The van der Waals surface area contributed by atoms with E-state index in [4.69, 9.17) is 4.74 Å². The van der Waals surface area contributed by atoms with E-state index in [-0.39, 0.29) is 29.2 Å². The number of hydrogen-bond acceptors (Lipinski definition) is 7. The van der Waals surface area contributed by atoms with Crippen molar-refractivity contribution in [2.45, 2.75) is 45.7 Å². The lowest BCUT2D eigenvalue weighted by Gasteiger charge is -2.42. The molecule has 8 nitrogen and oxygen atoms in total. The van der Waals surface area contributed by atoms with E-state index in [1.807, 2.05) is 45.0 Å². The number of aromatic hydroxyl groups is 1. The largest absolute Gasteiger partial charge is 0.503 e. The molecule has 0 saturated heterocycles. The second-order valence-corrected chi connectivity index (χ2v) is 9.38. The SMILES string of the molecule is CCN1C(=O)c2c(O)c(=O)c(-c3nnc(Cc4ccc(C)cc4)s3)cn2C(C)C1CCOC. The van der Waals surface area contributed by atoms with Crippen LogP contribution in [0.15, 0.2) is 35.3 Å². The number of carbonyl (C=O) groups excluding carboxylic acids is 1. The van der Waals surface area contributed by atoms with Crippen LogP contribution in [-0.2, 0) is 11.2 Å². The molecule has 0 aliphatic carbocycles. The number of likely N-dealkylation sites (N-methyl/N-ethyl adjacent to an activating group) is 1. The highest BCUT2D eigenvalue weighted by Crippen LogP contribution is 2.34. The molecule has 2 unspecified atom stereocenters. The molecule has 0 bridgehead atoms. The summed E-state index contributed by atoms with van der Waals surface area (Å²) >= 11 is 1.32. The fourth-order valence-electron chi connectivity index (χ4n) is 4.37. The Kier molecular flexibility index (Phi) is 6.62. The number of ether oxygens (including phenoxy) is 1. The van der Waals surface area contributed by atoms with Crippen molar-refractivity contribution < 1.29 is 14.6 Å². The molecule has 0 saturated carbocycles. The lowest BCUT2D eigenvalue weighted by molar-refractivity contribution is 0.0470. The normalized spacial score (nSPS) is 17.9. The summed E-state index contributed by atoms with van der Waals surface area (Å²) in [6.45, 7) is 6.89. The number of amides is 1. The fraction of sp³-hybridized carbons (Fsp3) is 0.417. The third-order valence-electron chi connectivity index (χ3n) is 6.20. The second kappa shape index (κ2) is 9.44. The summed E-state index contributed by atoms with van der Waals surface area (Å²) in [5.74, 6) is -0.890. The zero-order valence-electron chi connectivity index (χ0n) is 19.2. The van der Waals surface area contributed by atoms with Crippen molar-refractivity contribution in [2.24, 2.45) is 0 Å². The van der Waals surface area contributed by atoms with Crippen LogP contribution in [0, 0.1) is 6.92 Å². The van der Waals surface area contributed by atoms with E-state index in [2.05, 4.69) is 10.2 Å². The lowest BCUT2D eigenvalue weighted by Crippen LogP contribution is -2.51. The first-order chi connectivity index (χ1) is 15.8. The monoisotopic (exact) mass is 468 g/mol. The third kappa shape index (κ3) is 4.30. The molecule has 0 fully saturated rings. The Morgan fingerprint density at radius 3 is 2.58 bits per heavy atom. The molecule has 0 spiro atoms. The van der Waals surface area contributed by atoms with Gasteiger partial charge in [0.15, 0.2) is 16.5 Å². The number of fused-ring (bicyclic) bond motifs is 1. The number of aryl methyl sites for hydroxylation is 1. The van der Waals surface area contributed by atoms with Gasteiger partial charge in [-0.2, -0.15) is 0 Å². The van der Waals surface area contributed by atoms with E-state index >= 15 is 0 Å². The first kappa shape index (κ1) is 23.1. The molecule has 0 radical (unpaired) electrons. The number of benzene rings is 1. The quantitative estimate of drug-likeness (QED) is 0.571. The highest BCUT2D eigenvalue weighted by molar-refractivity contribution is 7.14. The molecular weight excluding hydrogens is 440 g/mol. The van der Waals surface area contributed by atoms with Crippen LogP contribution in [0.3, 0.4) is 0 Å². The van der Waals surface area contributed by atoms with Gasteiger partial charge in [0.1, 0.15) is 5.01 Å². The average molecular weight is 469 g/mol. The number of hydrogen-bond donors (Lipinski definition) is 1. The summed E-state index contributed by atoms with van der Waals surface area (Å²) in [5, 5.41) is 20.4. The zero-order valence-corrected chi connectivity index (χ0v) is 20.1. The summed E-state index contributed by atoms with van der Waals surface area (Å²) in [6.07, 6.45) is 2.90. The van der Waals surface area contributed by atoms with Crippen molar-refractivity contribution in [3.63, 3.8) is 0 Å². The van der Waals surface area contributed by atoms with Gasteiger partial charge in [0, 0.05) is 32.9 Å². The number of methoxy groups -OCH3 is 1. The van der Waals surface area contributed by atoms with Gasteiger partial charge in [-0.25, -0.2) is 0 Å². The van der Waals surface area contributed by atoms with Gasteiger partial charge < -0.3 is 19.3 Å². The summed E-state index contributed by atoms with van der Waals surface area (Å²) < 4.78 is 6.95. The maximum Gasteiger partial charge on any atom is 0.274 e. The summed E-state index contributed by atoms with van der Waals surface area (Å²) in [5.41, 5.74) is 1.96. The Morgan fingerprint density at radius 1 is 1.18 bits per heavy atom. The van der Waals surface area contributed by atoms with E-state index in [0.717, 1.165) is 10.6 Å². The molecule has 4 rings (SSSR count). The first-order valence-corrected chi connectivity index (χ1v) is 11.8. The molecule has 2 aromatic heterocycles. The van der Waals surface area contributed by atoms with Crippen LogP contribution in [0.25, 0.3) is 10.6 Å². The molecule has 3 heterocycles. The smallest absolute Gasteiger partial charge is 0.274 e. The van der Waals surface area contributed by atoms with Crippen LogP contribution in [0.5, 0.6) is 5.75 Å². The van der Waals surface area contributed by atoms with Crippen molar-refractivity contribution in [1.29, 1.82) is 0 Å². The minimum absolute atomic E-state index is 0.0242. The lowest BCUT2D eigenvalue weighted by atomic mass is 9.98. The Balaban J connectivity index is 1.72. The van der Waals surface area contributed by atoms with Gasteiger partial charge in [-0.1, -0.05) is 41.2 Å². The van der Waals surface area contributed by atoms with Gasteiger partial charge in [0.05, 0.1) is 17.6 Å². The molecule has 1 aliphatic heterocycles. The molecule has 3 aromatic rings. The van der Waals surface area contributed by atoms with Crippen LogP contribution in [-0.4, -0.2) is 57.0 Å². The highest BCUT2D eigenvalue weighted by Gasteiger charge is 2.39. The molecule has 1 aromatic carbocycles. The van der Waals surface area contributed by atoms with Crippen molar-refractivity contribution in [3.8, 4) is 16.3 Å². The van der Waals surface area contributed by atoms with Crippen LogP contribution in [0.1, 0.15) is 52.9 Å². The Bertz CT molecular complexity index is 1220. The number of rotatable bonds is 7. The van der Waals surface area contributed by atoms with E-state index in [9.17, 15) is 14.7 Å². The minimum Gasteiger partial charge on any atom is -0.503 e. The third-order valence-corrected chi connectivity index (χ3v) is 7.16. The number of carbonyl (C=O) groups is 1. The van der Waals surface area contributed by atoms with Gasteiger partial charge in [-0.15, -0.1) is 10.2 Å². The fourth-order valence-corrected chi connectivity index (χ4v) is 5.25. The molecular formula is C24H28N4O4S. The Hall–Kier alpha value is -3.04.